The summed E-state index contributed by atoms with van der Waals surface area (Å²) in [4.78, 5) is 0. The smallest absolute Gasteiger partial charge is 0.124 e. The molecule has 1 aromatic rings. The van der Waals surface area contributed by atoms with Gasteiger partial charge in [0.25, 0.3) is 0 Å². The molecular weight excluding hydrogens is 301 g/mol. The second-order valence-corrected chi connectivity index (χ2v) is 6.66. The zero-order valence-corrected chi connectivity index (χ0v) is 12.7. The van der Waals surface area contributed by atoms with Crippen LogP contribution in [0.2, 0.25) is 0 Å². The van der Waals surface area contributed by atoms with Gasteiger partial charge in [0.15, 0.2) is 0 Å². The predicted molar refractivity (Wildman–Crippen MR) is 77.9 cm³/mol. The Labute approximate surface area is 115 Å². The summed E-state index contributed by atoms with van der Waals surface area (Å²) in [6.45, 7) is 4.39. The molecule has 0 aromatic heterocycles. The summed E-state index contributed by atoms with van der Waals surface area (Å²) >= 11 is 5.16. The molecule has 4 heteroatoms. The van der Waals surface area contributed by atoms with E-state index in [-0.39, 0.29) is 11.9 Å². The van der Waals surface area contributed by atoms with Crippen molar-refractivity contribution < 1.29 is 4.39 Å². The van der Waals surface area contributed by atoms with E-state index >= 15 is 0 Å². The summed E-state index contributed by atoms with van der Waals surface area (Å²) in [7, 11) is 0. The van der Waals surface area contributed by atoms with Gasteiger partial charge in [-0.25, -0.2) is 4.39 Å². The lowest BCUT2D eigenvalue weighted by atomic mass is 10.1. The summed E-state index contributed by atoms with van der Waals surface area (Å²) in [5.74, 6) is 2.53. The van der Waals surface area contributed by atoms with Crippen molar-refractivity contribution in [1.82, 2.24) is 0 Å². The Morgan fingerprint density at radius 2 is 2.00 bits per heavy atom. The fourth-order valence-corrected chi connectivity index (χ4v) is 3.09. The molecule has 0 aliphatic carbocycles. The maximum Gasteiger partial charge on any atom is 0.124 e. The van der Waals surface area contributed by atoms with Crippen molar-refractivity contribution in [1.29, 1.82) is 0 Å². The van der Waals surface area contributed by atoms with E-state index in [1.54, 1.807) is 6.07 Å². The van der Waals surface area contributed by atoms with Crippen LogP contribution in [-0.4, -0.2) is 17.5 Å². The Balaban J connectivity index is 2.42. The van der Waals surface area contributed by atoms with E-state index in [4.69, 9.17) is 5.73 Å². The summed E-state index contributed by atoms with van der Waals surface area (Å²) in [5.41, 5.74) is 6.99. The van der Waals surface area contributed by atoms with Gasteiger partial charge in [-0.1, -0.05) is 29.8 Å². The minimum absolute atomic E-state index is 0.0902. The van der Waals surface area contributed by atoms with Crippen LogP contribution in [0.3, 0.4) is 0 Å². The maximum absolute atomic E-state index is 13.2. The molecule has 0 spiro atoms. The van der Waals surface area contributed by atoms with Crippen LogP contribution in [0.1, 0.15) is 19.4 Å². The lowest BCUT2D eigenvalue weighted by Crippen LogP contribution is -2.26. The van der Waals surface area contributed by atoms with Crippen LogP contribution >= 0.6 is 27.7 Å². The number of benzene rings is 1. The lowest BCUT2D eigenvalue weighted by molar-refractivity contribution is 0.622. The van der Waals surface area contributed by atoms with Crippen LogP contribution < -0.4 is 5.73 Å². The Morgan fingerprint density at radius 1 is 1.29 bits per heavy atom. The molecule has 0 amide bonds. The highest BCUT2D eigenvalue weighted by atomic mass is 79.9. The molecule has 0 aliphatic rings. The molecule has 0 fully saturated rings. The summed E-state index contributed by atoms with van der Waals surface area (Å²) < 4.78 is 13.9. The Kier molecular flexibility index (Phi) is 6.52. The summed E-state index contributed by atoms with van der Waals surface area (Å²) in [6, 6.07) is 5.03. The Hall–Kier alpha value is -0.0600. The van der Waals surface area contributed by atoms with Gasteiger partial charge in [-0.2, -0.15) is 11.8 Å². The molecule has 1 aromatic carbocycles. The molecule has 1 rings (SSSR count). The van der Waals surface area contributed by atoms with E-state index in [0.717, 1.165) is 28.0 Å². The third-order valence-corrected chi connectivity index (χ3v) is 4.23. The van der Waals surface area contributed by atoms with Crippen molar-refractivity contribution in [3.8, 4) is 0 Å². The van der Waals surface area contributed by atoms with Gasteiger partial charge in [0.2, 0.25) is 0 Å². The van der Waals surface area contributed by atoms with Crippen LogP contribution in [0, 0.1) is 11.7 Å². The second kappa shape index (κ2) is 7.39. The zero-order valence-electron chi connectivity index (χ0n) is 10.2. The summed E-state index contributed by atoms with van der Waals surface area (Å²) in [6.07, 6.45) is 0.724. The third-order valence-electron chi connectivity index (χ3n) is 2.20. The fourth-order valence-electron chi connectivity index (χ4n) is 1.55. The fraction of sp³-hybridized carbons (Fsp3) is 0.538. The van der Waals surface area contributed by atoms with Crippen molar-refractivity contribution in [2.75, 3.05) is 11.5 Å². The van der Waals surface area contributed by atoms with Crippen LogP contribution in [-0.2, 0) is 6.42 Å². The number of rotatable bonds is 6. The number of hydrogen-bond donors (Lipinski definition) is 1. The van der Waals surface area contributed by atoms with Gasteiger partial charge in [-0.3, -0.25) is 0 Å². The average molecular weight is 320 g/mol. The van der Waals surface area contributed by atoms with Gasteiger partial charge in [0.05, 0.1) is 0 Å². The number of thioether (sulfide) groups is 1. The van der Waals surface area contributed by atoms with Crippen LogP contribution in [0.4, 0.5) is 4.39 Å². The molecule has 0 aliphatic heterocycles. The van der Waals surface area contributed by atoms with Crippen molar-refractivity contribution in [3.05, 3.63) is 34.1 Å². The Morgan fingerprint density at radius 3 is 2.59 bits per heavy atom. The first-order valence-electron chi connectivity index (χ1n) is 5.75. The standard InChI is InChI=1S/C13H19BrFNS/c1-9(2)7-17-8-13(16)5-10-3-11(14)6-12(15)4-10/h3-4,6,9,13H,5,7-8,16H2,1-2H3. The lowest BCUT2D eigenvalue weighted by Gasteiger charge is -2.12. The molecule has 0 saturated carbocycles. The average Bonchev–Trinajstić information content (AvgIpc) is 2.14. The minimum atomic E-state index is -0.212. The molecule has 1 nitrogen and oxygen atoms in total. The highest BCUT2D eigenvalue weighted by molar-refractivity contribution is 9.10. The molecular formula is C13H19BrFNS. The van der Waals surface area contributed by atoms with Crippen LogP contribution in [0.5, 0.6) is 0 Å². The van der Waals surface area contributed by atoms with E-state index in [0.29, 0.717) is 5.92 Å². The van der Waals surface area contributed by atoms with Gasteiger partial charge in [-0.15, -0.1) is 0 Å². The van der Waals surface area contributed by atoms with Crippen LogP contribution in [0.25, 0.3) is 0 Å². The molecule has 0 heterocycles. The largest absolute Gasteiger partial charge is 0.327 e. The molecule has 2 N–H and O–H groups in total. The van der Waals surface area contributed by atoms with Gasteiger partial charge >= 0.3 is 0 Å². The van der Waals surface area contributed by atoms with E-state index in [2.05, 4.69) is 29.8 Å². The van der Waals surface area contributed by atoms with E-state index < -0.39 is 0 Å². The van der Waals surface area contributed by atoms with Crippen molar-refractivity contribution in [3.63, 3.8) is 0 Å². The molecule has 1 unspecified atom stereocenters. The van der Waals surface area contributed by atoms with Crippen molar-refractivity contribution in [2.45, 2.75) is 26.3 Å². The van der Waals surface area contributed by atoms with Gasteiger partial charge in [-0.05, 0) is 41.9 Å². The first-order chi connectivity index (χ1) is 7.97. The molecule has 0 radical (unpaired) electrons. The zero-order chi connectivity index (χ0) is 12.8. The minimum Gasteiger partial charge on any atom is -0.327 e. The molecule has 1 atom stereocenters. The maximum atomic E-state index is 13.2. The van der Waals surface area contributed by atoms with Gasteiger partial charge < -0.3 is 5.73 Å². The topological polar surface area (TPSA) is 26.0 Å². The van der Waals surface area contributed by atoms with Gasteiger partial charge in [0.1, 0.15) is 5.82 Å². The molecule has 0 bridgehead atoms. The molecule has 17 heavy (non-hydrogen) atoms. The first kappa shape index (κ1) is 15.0. The van der Waals surface area contributed by atoms with E-state index in [1.807, 2.05) is 17.8 Å². The first-order valence-corrected chi connectivity index (χ1v) is 7.70. The predicted octanol–water partition coefficient (Wildman–Crippen LogP) is 3.85. The molecule has 0 saturated heterocycles. The monoisotopic (exact) mass is 319 g/mol. The second-order valence-electron chi connectivity index (χ2n) is 4.67. The van der Waals surface area contributed by atoms with Crippen LogP contribution in [0.15, 0.2) is 22.7 Å². The van der Waals surface area contributed by atoms with Gasteiger partial charge in [0, 0.05) is 16.3 Å². The number of halogens is 2. The van der Waals surface area contributed by atoms with Crippen molar-refractivity contribution in [2.24, 2.45) is 11.7 Å². The number of hydrogen-bond acceptors (Lipinski definition) is 2. The highest BCUT2D eigenvalue weighted by Gasteiger charge is 2.07. The van der Waals surface area contributed by atoms with E-state index in [1.165, 1.54) is 6.07 Å². The highest BCUT2D eigenvalue weighted by Crippen LogP contribution is 2.17. The third kappa shape index (κ3) is 6.43. The van der Waals surface area contributed by atoms with Crippen molar-refractivity contribution >= 4 is 27.7 Å². The molecule has 96 valence electrons. The quantitative estimate of drug-likeness (QED) is 0.862. The Bertz CT molecular complexity index is 337. The normalized spacial score (nSPS) is 13.1. The summed E-state index contributed by atoms with van der Waals surface area (Å²) in [5, 5.41) is 0. The number of nitrogens with two attached hydrogens (primary N) is 1. The SMILES string of the molecule is CC(C)CSCC(N)Cc1cc(F)cc(Br)c1. The van der Waals surface area contributed by atoms with E-state index in [9.17, 15) is 4.39 Å².